The molecule has 82 valence electrons. The number of nitrogens with two attached hydrogens (primary N) is 1. The van der Waals surface area contributed by atoms with Gasteiger partial charge in [0.05, 0.1) is 5.69 Å². The van der Waals surface area contributed by atoms with E-state index in [4.69, 9.17) is 10.5 Å². The highest BCUT2D eigenvalue weighted by Gasteiger charge is 2.15. The molecule has 2 N–H and O–H groups in total. The van der Waals surface area contributed by atoms with Crippen LogP contribution in [0.25, 0.3) is 0 Å². The van der Waals surface area contributed by atoms with E-state index >= 15 is 0 Å². The smallest absolute Gasteiger partial charge is 0.146 e. The van der Waals surface area contributed by atoms with Crippen LogP contribution in [-0.4, -0.2) is 24.6 Å². The van der Waals surface area contributed by atoms with Crippen molar-refractivity contribution in [2.24, 2.45) is 0 Å². The van der Waals surface area contributed by atoms with E-state index in [2.05, 4.69) is 17.9 Å². The highest BCUT2D eigenvalue weighted by atomic mass is 16.5. The van der Waals surface area contributed by atoms with Gasteiger partial charge in [-0.15, -0.1) is 0 Å². The number of benzene rings is 1. The number of hydrogen-bond acceptors (Lipinski definition) is 3. The Hall–Kier alpha value is -1.22. The molecule has 0 bridgehead atoms. The highest BCUT2D eigenvalue weighted by molar-refractivity contribution is 5.56. The molecule has 15 heavy (non-hydrogen) atoms. The molecule has 1 aliphatic rings. The predicted octanol–water partition coefficient (Wildman–Crippen LogP) is 1.87. The lowest BCUT2D eigenvalue weighted by Crippen LogP contribution is -2.26. The number of ether oxygens (including phenoxy) is 1. The molecule has 0 atom stereocenters. The zero-order valence-corrected chi connectivity index (χ0v) is 9.20. The van der Waals surface area contributed by atoms with Crippen LogP contribution in [0.5, 0.6) is 5.75 Å². The molecule has 1 aromatic rings. The molecule has 0 aliphatic carbocycles. The van der Waals surface area contributed by atoms with Gasteiger partial charge >= 0.3 is 0 Å². The van der Waals surface area contributed by atoms with Crippen molar-refractivity contribution >= 4 is 5.69 Å². The number of nitrogens with zero attached hydrogens (tertiary/aromatic N) is 1. The van der Waals surface area contributed by atoms with Gasteiger partial charge in [0.15, 0.2) is 0 Å². The van der Waals surface area contributed by atoms with E-state index in [1.165, 1.54) is 12.0 Å². The maximum atomic E-state index is 5.89. The van der Waals surface area contributed by atoms with Crippen molar-refractivity contribution < 1.29 is 4.74 Å². The van der Waals surface area contributed by atoms with Crippen molar-refractivity contribution in [1.29, 1.82) is 0 Å². The van der Waals surface area contributed by atoms with E-state index < -0.39 is 0 Å². The third kappa shape index (κ3) is 2.23. The summed E-state index contributed by atoms with van der Waals surface area (Å²) >= 11 is 0. The van der Waals surface area contributed by atoms with E-state index in [0.717, 1.165) is 37.7 Å². The molecule has 3 heteroatoms. The summed E-state index contributed by atoms with van der Waals surface area (Å²) in [7, 11) is 0. The first-order chi connectivity index (χ1) is 7.31. The molecular formula is C12H18N2O. The third-order valence-electron chi connectivity index (χ3n) is 2.71. The van der Waals surface area contributed by atoms with Crippen molar-refractivity contribution in [3.8, 4) is 5.75 Å². The minimum absolute atomic E-state index is 0.737. The molecule has 0 radical (unpaired) electrons. The zero-order valence-electron chi connectivity index (χ0n) is 9.20. The van der Waals surface area contributed by atoms with Gasteiger partial charge in [-0.1, -0.05) is 19.1 Å². The van der Waals surface area contributed by atoms with Crippen LogP contribution in [0.4, 0.5) is 5.69 Å². The second-order valence-electron chi connectivity index (χ2n) is 3.96. The van der Waals surface area contributed by atoms with Gasteiger partial charge in [-0.2, -0.15) is 0 Å². The number of rotatable bonds is 2. The third-order valence-corrected chi connectivity index (χ3v) is 2.71. The topological polar surface area (TPSA) is 38.5 Å². The van der Waals surface area contributed by atoms with Crippen molar-refractivity contribution in [2.45, 2.75) is 19.9 Å². The Kier molecular flexibility index (Phi) is 3.11. The van der Waals surface area contributed by atoms with Crippen LogP contribution in [0, 0.1) is 0 Å². The van der Waals surface area contributed by atoms with Gasteiger partial charge in [-0.25, -0.2) is 0 Å². The molecule has 1 aliphatic heterocycles. The Bertz CT molecular complexity index is 338. The lowest BCUT2D eigenvalue weighted by molar-refractivity contribution is 0.226. The van der Waals surface area contributed by atoms with E-state index in [1.54, 1.807) is 0 Å². The largest absolute Gasteiger partial charge is 0.490 e. The molecule has 0 amide bonds. The molecule has 3 nitrogen and oxygen atoms in total. The van der Waals surface area contributed by atoms with Gasteiger partial charge in [-0.05, 0) is 19.0 Å². The van der Waals surface area contributed by atoms with Crippen molar-refractivity contribution in [2.75, 3.05) is 25.4 Å². The summed E-state index contributed by atoms with van der Waals surface area (Å²) in [6, 6.07) is 5.99. The van der Waals surface area contributed by atoms with E-state index in [9.17, 15) is 0 Å². The summed E-state index contributed by atoms with van der Waals surface area (Å²) in [6.07, 6.45) is 1.18. The van der Waals surface area contributed by atoms with E-state index in [0.29, 0.717) is 0 Å². The Balaban J connectivity index is 2.22. The first-order valence-electron chi connectivity index (χ1n) is 5.53. The van der Waals surface area contributed by atoms with Crippen LogP contribution in [0.3, 0.4) is 0 Å². The van der Waals surface area contributed by atoms with Gasteiger partial charge in [-0.3, -0.25) is 4.90 Å². The van der Waals surface area contributed by atoms with Crippen molar-refractivity contribution in [1.82, 2.24) is 4.90 Å². The quantitative estimate of drug-likeness (QED) is 0.751. The Morgan fingerprint density at radius 1 is 1.47 bits per heavy atom. The summed E-state index contributed by atoms with van der Waals surface area (Å²) in [4.78, 5) is 2.41. The van der Waals surface area contributed by atoms with E-state index in [-0.39, 0.29) is 0 Å². The summed E-state index contributed by atoms with van der Waals surface area (Å²) < 4.78 is 5.69. The Labute approximate surface area is 90.8 Å². The van der Waals surface area contributed by atoms with Crippen LogP contribution >= 0.6 is 0 Å². The standard InChI is InChI=1S/C12H18N2O/c1-2-6-14-7-8-15-12-10(9-14)4-3-5-11(12)13/h3-5H,2,6-9,13H2,1H3. The number of fused-ring (bicyclic) bond motifs is 1. The fourth-order valence-electron chi connectivity index (χ4n) is 2.01. The fourth-order valence-corrected chi connectivity index (χ4v) is 2.01. The highest BCUT2D eigenvalue weighted by Crippen LogP contribution is 2.29. The van der Waals surface area contributed by atoms with Gasteiger partial charge in [0, 0.05) is 18.7 Å². The van der Waals surface area contributed by atoms with Gasteiger partial charge < -0.3 is 10.5 Å². The van der Waals surface area contributed by atoms with Crippen LogP contribution in [0.2, 0.25) is 0 Å². The Morgan fingerprint density at radius 3 is 3.13 bits per heavy atom. The number of hydrogen-bond donors (Lipinski definition) is 1. The van der Waals surface area contributed by atoms with Gasteiger partial charge in [0.1, 0.15) is 12.4 Å². The lowest BCUT2D eigenvalue weighted by atomic mass is 10.1. The second-order valence-corrected chi connectivity index (χ2v) is 3.96. The minimum atomic E-state index is 0.737. The molecule has 1 aromatic carbocycles. The first kappa shape index (κ1) is 10.3. The van der Waals surface area contributed by atoms with Crippen molar-refractivity contribution in [3.63, 3.8) is 0 Å². The molecule has 0 saturated heterocycles. The van der Waals surface area contributed by atoms with Gasteiger partial charge in [0.25, 0.3) is 0 Å². The SMILES string of the molecule is CCCN1CCOc2c(N)cccc2C1. The number of nitrogen functional groups attached to an aromatic ring is 1. The predicted molar refractivity (Wildman–Crippen MR) is 61.9 cm³/mol. The molecule has 0 unspecified atom stereocenters. The molecule has 0 spiro atoms. The molecule has 2 rings (SSSR count). The number of anilines is 1. The van der Waals surface area contributed by atoms with Gasteiger partial charge in [0.2, 0.25) is 0 Å². The summed E-state index contributed by atoms with van der Waals surface area (Å²) in [6.45, 7) is 6.00. The second kappa shape index (κ2) is 4.53. The van der Waals surface area contributed by atoms with E-state index in [1.807, 2.05) is 12.1 Å². The molecule has 1 heterocycles. The van der Waals surface area contributed by atoms with Crippen LogP contribution < -0.4 is 10.5 Å². The van der Waals surface area contributed by atoms with Crippen LogP contribution in [0.15, 0.2) is 18.2 Å². The molecular weight excluding hydrogens is 188 g/mol. The van der Waals surface area contributed by atoms with Crippen molar-refractivity contribution in [3.05, 3.63) is 23.8 Å². The average molecular weight is 206 g/mol. The normalized spacial score (nSPS) is 16.6. The Morgan fingerprint density at radius 2 is 2.33 bits per heavy atom. The molecule has 0 fully saturated rings. The average Bonchev–Trinajstić information content (AvgIpc) is 2.41. The zero-order chi connectivity index (χ0) is 10.7. The summed E-state index contributed by atoms with van der Waals surface area (Å²) in [5.74, 6) is 0.885. The number of para-hydroxylation sites is 1. The first-order valence-corrected chi connectivity index (χ1v) is 5.53. The van der Waals surface area contributed by atoms with Crippen LogP contribution in [-0.2, 0) is 6.54 Å². The lowest BCUT2D eigenvalue weighted by Gasteiger charge is -2.17. The summed E-state index contributed by atoms with van der Waals surface area (Å²) in [5, 5.41) is 0. The maximum absolute atomic E-state index is 5.89. The fraction of sp³-hybridized carbons (Fsp3) is 0.500. The minimum Gasteiger partial charge on any atom is -0.490 e. The maximum Gasteiger partial charge on any atom is 0.146 e. The summed E-state index contributed by atoms with van der Waals surface area (Å²) in [5.41, 5.74) is 7.85. The monoisotopic (exact) mass is 206 g/mol. The molecule has 0 aromatic heterocycles. The van der Waals surface area contributed by atoms with Crippen LogP contribution in [0.1, 0.15) is 18.9 Å². The molecule has 0 saturated carbocycles.